The number of halogens is 1. The minimum Gasteiger partial charge on any atom is -0.385 e. The summed E-state index contributed by atoms with van der Waals surface area (Å²) >= 11 is 6.00. The van der Waals surface area contributed by atoms with Crippen LogP contribution in [0.1, 0.15) is 57.9 Å². The van der Waals surface area contributed by atoms with E-state index in [1.165, 1.54) is 0 Å². The Kier molecular flexibility index (Phi) is 3.45. The van der Waals surface area contributed by atoms with E-state index in [0.717, 1.165) is 0 Å². The van der Waals surface area contributed by atoms with Gasteiger partial charge in [0.25, 0.3) is 0 Å². The number of hydrogen-bond acceptors (Lipinski definition) is 3. The molecule has 1 aliphatic heterocycles. The van der Waals surface area contributed by atoms with Crippen LogP contribution in [-0.4, -0.2) is 54.4 Å². The third-order valence-corrected chi connectivity index (χ3v) is 6.54. The van der Waals surface area contributed by atoms with Crippen LogP contribution in [0.4, 0.5) is 0 Å². The zero-order chi connectivity index (χ0) is 37.9. The summed E-state index contributed by atoms with van der Waals surface area (Å²) in [5, 5.41) is 11.9. The zero-order valence-electron chi connectivity index (χ0n) is 34.2. The van der Waals surface area contributed by atoms with Crippen LogP contribution in [0, 0.1) is 0 Å². The van der Waals surface area contributed by atoms with Gasteiger partial charge in [-0.25, -0.2) is 0 Å². The number of hydrogen-bond donors (Lipinski definition) is 1. The molecular formula is C29H33ClN2O2. The van der Waals surface area contributed by atoms with E-state index in [4.69, 9.17) is 33.5 Å². The molecule has 5 heteroatoms. The summed E-state index contributed by atoms with van der Waals surface area (Å²) < 4.78 is 133. The maximum atomic E-state index is 14.9. The van der Waals surface area contributed by atoms with Gasteiger partial charge in [0.05, 0.1) is 19.3 Å². The number of piperidine rings is 1. The van der Waals surface area contributed by atoms with Gasteiger partial charge in [0.1, 0.15) is 5.41 Å². The molecule has 178 valence electrons. The van der Waals surface area contributed by atoms with E-state index < -0.39 is 114 Å². The van der Waals surface area contributed by atoms with Crippen molar-refractivity contribution >= 4 is 17.5 Å². The second kappa shape index (κ2) is 10.3. The Morgan fingerprint density at radius 2 is 1.56 bits per heavy atom. The van der Waals surface area contributed by atoms with Crippen molar-refractivity contribution in [1.82, 2.24) is 9.80 Å². The number of likely N-dealkylation sites (tertiary alicyclic amines) is 1. The second-order valence-corrected chi connectivity index (χ2v) is 8.61. The molecule has 0 spiro atoms. The topological polar surface area (TPSA) is 43.8 Å². The number of carbonyl (C=O) groups excluding carboxylic acids is 1. The van der Waals surface area contributed by atoms with Gasteiger partial charge in [0, 0.05) is 40.3 Å². The van der Waals surface area contributed by atoms with Crippen molar-refractivity contribution in [2.75, 3.05) is 33.6 Å². The highest BCUT2D eigenvalue weighted by molar-refractivity contribution is 6.30. The highest BCUT2D eigenvalue weighted by Gasteiger charge is 2.43. The molecule has 1 N–H and O–H groups in total. The fraction of sp³-hybridized carbons (Fsp3) is 0.345. The molecule has 0 unspecified atom stereocenters. The van der Waals surface area contributed by atoms with Crippen molar-refractivity contribution in [3.8, 4) is 0 Å². The van der Waals surface area contributed by atoms with E-state index in [1.807, 2.05) is 0 Å². The summed E-state index contributed by atoms with van der Waals surface area (Å²) in [5.74, 6) is -1.88. The molecule has 1 amide bonds. The van der Waals surface area contributed by atoms with Gasteiger partial charge in [-0.2, -0.15) is 0 Å². The standard InChI is InChI=1S/C29H33ClN2O2/c1-31(2)27(33)29(24-9-5-3-6-10-24,25-11-7-4-8-12-25)19-22-32-20-17-28(34,18-21-32)23-13-15-26(30)16-14-23/h3-16,34H,17-22H2,1-2H3/i1D3,2D3,3D,4D,5D,6D,7D,8D,9D,10D,11D,12D. The number of carbonyl (C=O) groups is 1. The Bertz CT molecular complexity index is 1660. The first-order chi connectivity index (χ1) is 22.9. The molecular weight excluding hydrogens is 444 g/mol. The summed E-state index contributed by atoms with van der Waals surface area (Å²) in [6, 6.07) is -3.51. The van der Waals surface area contributed by atoms with Gasteiger partial charge < -0.3 is 14.9 Å². The Morgan fingerprint density at radius 3 is 2.06 bits per heavy atom. The molecule has 4 rings (SSSR count). The molecule has 0 atom stereocenters. The molecule has 1 saturated heterocycles. The average molecular weight is 493 g/mol. The summed E-state index contributed by atoms with van der Waals surface area (Å²) in [7, 11) is 0. The Hall–Kier alpha value is -2.66. The SMILES string of the molecule is [2H]c1c([2H])c([2H])c(C(CCN2CCC(O)(c3ccc(Cl)cc3)CC2)(C(=O)N(C([2H])([2H])[2H])C([2H])([2H])[2H])c2c([2H])c([2H])c([2H])c([2H])c2[2H])c([2H])c1[2H]. The van der Waals surface area contributed by atoms with E-state index in [1.54, 1.807) is 29.2 Å². The van der Waals surface area contributed by atoms with Crippen LogP contribution in [0.5, 0.6) is 0 Å². The monoisotopic (exact) mass is 492 g/mol. The lowest BCUT2D eigenvalue weighted by atomic mass is 9.70. The van der Waals surface area contributed by atoms with E-state index in [9.17, 15) is 9.90 Å². The Morgan fingerprint density at radius 1 is 1.03 bits per heavy atom. The predicted molar refractivity (Wildman–Crippen MR) is 138 cm³/mol. The molecule has 3 aromatic carbocycles. The number of rotatable bonds is 7. The summed E-state index contributed by atoms with van der Waals surface area (Å²) in [4.78, 5) is 16.1. The number of likely N-dealkylation sites (N-methyl/N-ethyl adjacent to an activating group) is 1. The quantitative estimate of drug-likeness (QED) is 0.499. The van der Waals surface area contributed by atoms with Crippen LogP contribution in [-0.2, 0) is 15.8 Å². The number of benzene rings is 3. The fourth-order valence-electron chi connectivity index (χ4n) is 4.33. The Balaban J connectivity index is 2.04. The number of aliphatic hydroxyl groups is 1. The highest BCUT2D eigenvalue weighted by atomic mass is 35.5. The van der Waals surface area contributed by atoms with Gasteiger partial charge in [0.15, 0.2) is 0 Å². The van der Waals surface area contributed by atoms with Crippen LogP contribution in [0.3, 0.4) is 0 Å². The van der Waals surface area contributed by atoms with Crippen molar-refractivity contribution in [3.63, 3.8) is 0 Å². The second-order valence-electron chi connectivity index (χ2n) is 8.18. The Labute approximate surface area is 230 Å². The van der Waals surface area contributed by atoms with Crippen LogP contribution >= 0.6 is 11.6 Å². The molecule has 0 bridgehead atoms. The minimum absolute atomic E-state index is 0.132. The summed E-state index contributed by atoms with van der Waals surface area (Å²) in [6.45, 7) is -7.52. The van der Waals surface area contributed by atoms with E-state index >= 15 is 0 Å². The van der Waals surface area contributed by atoms with E-state index in [2.05, 4.69) is 0 Å². The summed E-state index contributed by atoms with van der Waals surface area (Å²) in [6.07, 6.45) is -0.527. The van der Waals surface area contributed by atoms with Gasteiger partial charge in [-0.1, -0.05) is 84.2 Å². The third kappa shape index (κ3) is 4.90. The molecule has 4 nitrogen and oxygen atoms in total. The third-order valence-electron chi connectivity index (χ3n) is 6.29. The smallest absolute Gasteiger partial charge is 0.237 e. The maximum Gasteiger partial charge on any atom is 0.237 e. The lowest BCUT2D eigenvalue weighted by Gasteiger charge is -2.41. The molecule has 3 aromatic rings. The van der Waals surface area contributed by atoms with Crippen molar-refractivity contribution < 1.29 is 31.8 Å². The maximum absolute atomic E-state index is 14.9. The first-order valence-corrected chi connectivity index (χ1v) is 11.0. The van der Waals surface area contributed by atoms with Gasteiger partial charge in [-0.3, -0.25) is 4.79 Å². The largest absolute Gasteiger partial charge is 0.385 e. The van der Waals surface area contributed by atoms with Crippen LogP contribution in [0.15, 0.2) is 84.7 Å². The first kappa shape index (κ1) is 11.4. The molecule has 0 aromatic heterocycles. The van der Waals surface area contributed by atoms with Crippen molar-refractivity contribution in [1.29, 1.82) is 0 Å². The predicted octanol–water partition coefficient (Wildman–Crippen LogP) is 5.09. The molecule has 1 aliphatic rings. The fourth-order valence-corrected chi connectivity index (χ4v) is 4.46. The highest BCUT2D eigenvalue weighted by Crippen LogP contribution is 2.39. The van der Waals surface area contributed by atoms with Crippen LogP contribution in [0.25, 0.3) is 0 Å². The van der Waals surface area contributed by atoms with E-state index in [0.29, 0.717) is 10.6 Å². The molecule has 0 aliphatic carbocycles. The normalized spacial score (nSPS) is 23.7. The molecule has 1 heterocycles. The van der Waals surface area contributed by atoms with Gasteiger partial charge >= 0.3 is 0 Å². The van der Waals surface area contributed by atoms with Gasteiger partial charge in [0.2, 0.25) is 5.91 Å². The minimum atomic E-state index is -3.74. The van der Waals surface area contributed by atoms with E-state index in [-0.39, 0.29) is 32.5 Å². The summed E-state index contributed by atoms with van der Waals surface area (Å²) in [5.41, 5.74) is -5.70. The van der Waals surface area contributed by atoms with Crippen LogP contribution in [0.2, 0.25) is 5.02 Å². The molecule has 0 radical (unpaired) electrons. The lowest BCUT2D eigenvalue weighted by molar-refractivity contribution is -0.133. The van der Waals surface area contributed by atoms with Gasteiger partial charge in [-0.05, 0) is 54.6 Å². The number of nitrogens with zero attached hydrogens (tertiary/aromatic N) is 2. The molecule has 34 heavy (non-hydrogen) atoms. The molecule has 1 fully saturated rings. The zero-order valence-corrected chi connectivity index (χ0v) is 18.9. The van der Waals surface area contributed by atoms with Crippen LogP contribution < -0.4 is 0 Å². The van der Waals surface area contributed by atoms with Crippen molar-refractivity contribution in [3.05, 3.63) is 106 Å². The average Bonchev–Trinajstić information content (AvgIpc) is 3.02. The van der Waals surface area contributed by atoms with Crippen molar-refractivity contribution in [2.24, 2.45) is 0 Å². The lowest BCUT2D eigenvalue weighted by Crippen LogP contribution is -2.48. The molecule has 0 saturated carbocycles. The van der Waals surface area contributed by atoms with Gasteiger partial charge in [-0.15, -0.1) is 0 Å². The van der Waals surface area contributed by atoms with Crippen molar-refractivity contribution in [2.45, 2.75) is 30.3 Å². The number of amides is 1. The first-order valence-electron chi connectivity index (χ1n) is 18.6.